The number of carbonyl (C=O) groups excluding carboxylic acids is 1. The van der Waals surface area contributed by atoms with Gasteiger partial charge in [0.2, 0.25) is 0 Å². The molecule has 24 heavy (non-hydrogen) atoms. The molecule has 2 unspecified atom stereocenters. The Kier molecular flexibility index (Phi) is 4.80. The molecule has 0 radical (unpaired) electrons. The predicted molar refractivity (Wildman–Crippen MR) is 87.5 cm³/mol. The van der Waals surface area contributed by atoms with E-state index >= 15 is 0 Å². The number of ether oxygens (including phenoxy) is 1. The second kappa shape index (κ2) is 6.70. The highest BCUT2D eigenvalue weighted by Crippen LogP contribution is 2.48. The summed E-state index contributed by atoms with van der Waals surface area (Å²) in [6.07, 6.45) is 3.21. The van der Waals surface area contributed by atoms with Gasteiger partial charge in [0.1, 0.15) is 6.61 Å². The summed E-state index contributed by atoms with van der Waals surface area (Å²) in [4.78, 5) is 14.0. The zero-order valence-corrected chi connectivity index (χ0v) is 14.3. The van der Waals surface area contributed by atoms with Crippen molar-refractivity contribution in [2.45, 2.75) is 44.8 Å². The molecule has 1 heterocycles. The normalized spacial score (nSPS) is 26.9. The van der Waals surface area contributed by atoms with Gasteiger partial charge in [-0.3, -0.25) is 0 Å². The van der Waals surface area contributed by atoms with Crippen LogP contribution in [-0.4, -0.2) is 37.8 Å². The van der Waals surface area contributed by atoms with E-state index in [1.165, 1.54) is 0 Å². The molecule has 2 fully saturated rings. The van der Waals surface area contributed by atoms with Crippen LogP contribution in [-0.2, 0) is 21.6 Å². The van der Waals surface area contributed by atoms with Gasteiger partial charge in [-0.1, -0.05) is 43.2 Å². The van der Waals surface area contributed by atoms with Gasteiger partial charge in [-0.25, -0.2) is 4.79 Å². The lowest BCUT2D eigenvalue weighted by Crippen LogP contribution is -2.47. The SMILES string of the molecule is O=C(OCc1ccccc1)N1CCC2(CS(=O)(=O)F)CCCCC12. The molecule has 3 rings (SSSR count). The van der Waals surface area contributed by atoms with Crippen molar-refractivity contribution in [3.05, 3.63) is 35.9 Å². The molecule has 2 aliphatic rings. The lowest BCUT2D eigenvalue weighted by atomic mass is 9.72. The van der Waals surface area contributed by atoms with Gasteiger partial charge in [0.15, 0.2) is 0 Å². The van der Waals surface area contributed by atoms with Crippen molar-refractivity contribution in [2.75, 3.05) is 12.3 Å². The van der Waals surface area contributed by atoms with Crippen LogP contribution in [0.5, 0.6) is 0 Å². The number of amides is 1. The van der Waals surface area contributed by atoms with Gasteiger partial charge in [-0.15, -0.1) is 3.89 Å². The van der Waals surface area contributed by atoms with Gasteiger partial charge in [-0.05, 0) is 24.8 Å². The van der Waals surface area contributed by atoms with Gasteiger partial charge >= 0.3 is 16.3 Å². The summed E-state index contributed by atoms with van der Waals surface area (Å²) in [6.45, 7) is 0.602. The molecule has 1 aliphatic heterocycles. The number of fused-ring (bicyclic) bond motifs is 1. The Labute approximate surface area is 142 Å². The molecular weight excluding hydrogens is 333 g/mol. The maximum absolute atomic E-state index is 13.3. The minimum atomic E-state index is -4.57. The van der Waals surface area contributed by atoms with Crippen LogP contribution in [0.25, 0.3) is 0 Å². The van der Waals surface area contributed by atoms with E-state index in [9.17, 15) is 17.1 Å². The fourth-order valence-electron chi connectivity index (χ4n) is 4.17. The molecule has 1 saturated carbocycles. The monoisotopic (exact) mass is 355 g/mol. The maximum atomic E-state index is 13.3. The average molecular weight is 355 g/mol. The fourth-order valence-corrected chi connectivity index (χ4v) is 5.34. The quantitative estimate of drug-likeness (QED) is 0.778. The number of halogens is 1. The lowest BCUT2D eigenvalue weighted by molar-refractivity contribution is 0.0671. The minimum absolute atomic E-state index is 0.178. The first-order valence-corrected chi connectivity index (χ1v) is 9.85. The van der Waals surface area contributed by atoms with Crippen LogP contribution >= 0.6 is 0 Å². The molecule has 0 aromatic heterocycles. The zero-order valence-electron chi connectivity index (χ0n) is 13.5. The fraction of sp³-hybridized carbons (Fsp3) is 0.588. The molecule has 1 aliphatic carbocycles. The summed E-state index contributed by atoms with van der Waals surface area (Å²) < 4.78 is 41.2. The number of carbonyl (C=O) groups is 1. The van der Waals surface area contributed by atoms with E-state index in [-0.39, 0.29) is 12.6 Å². The summed E-state index contributed by atoms with van der Waals surface area (Å²) in [5.74, 6) is -0.493. The van der Waals surface area contributed by atoms with Gasteiger partial charge in [0.05, 0.1) is 5.75 Å². The zero-order chi connectivity index (χ0) is 17.2. The Balaban J connectivity index is 1.69. The van der Waals surface area contributed by atoms with Gasteiger partial charge in [0, 0.05) is 18.0 Å². The van der Waals surface area contributed by atoms with E-state index in [0.29, 0.717) is 25.8 Å². The summed E-state index contributed by atoms with van der Waals surface area (Å²) in [7, 11) is -4.57. The van der Waals surface area contributed by atoms with Crippen LogP contribution in [0.15, 0.2) is 30.3 Å². The predicted octanol–water partition coefficient (Wildman–Crippen LogP) is 3.26. The molecule has 0 spiro atoms. The highest BCUT2D eigenvalue weighted by Gasteiger charge is 2.52. The first kappa shape index (κ1) is 17.2. The molecule has 1 aromatic rings. The van der Waals surface area contributed by atoms with Crippen molar-refractivity contribution in [2.24, 2.45) is 5.41 Å². The Morgan fingerprint density at radius 3 is 2.71 bits per heavy atom. The summed E-state index contributed by atoms with van der Waals surface area (Å²) >= 11 is 0. The number of likely N-dealkylation sites (tertiary alicyclic amines) is 1. The topological polar surface area (TPSA) is 63.7 Å². The smallest absolute Gasteiger partial charge is 0.410 e. The van der Waals surface area contributed by atoms with E-state index in [4.69, 9.17) is 4.74 Å². The van der Waals surface area contributed by atoms with E-state index in [1.54, 1.807) is 4.90 Å². The highest BCUT2D eigenvalue weighted by molar-refractivity contribution is 7.86. The largest absolute Gasteiger partial charge is 0.445 e. The van der Waals surface area contributed by atoms with E-state index in [1.807, 2.05) is 30.3 Å². The van der Waals surface area contributed by atoms with Crippen molar-refractivity contribution in [1.82, 2.24) is 4.90 Å². The Morgan fingerprint density at radius 2 is 2.00 bits per heavy atom. The molecule has 5 nitrogen and oxygen atoms in total. The van der Waals surface area contributed by atoms with E-state index in [2.05, 4.69) is 0 Å². The van der Waals surface area contributed by atoms with Gasteiger partial charge in [-0.2, -0.15) is 8.42 Å². The Bertz CT molecular complexity index is 694. The molecule has 1 amide bonds. The molecule has 1 aromatic carbocycles. The third kappa shape index (κ3) is 3.71. The van der Waals surface area contributed by atoms with Crippen LogP contribution < -0.4 is 0 Å². The summed E-state index contributed by atoms with van der Waals surface area (Å²) in [5, 5.41) is 0. The maximum Gasteiger partial charge on any atom is 0.410 e. The number of rotatable bonds is 4. The van der Waals surface area contributed by atoms with Crippen LogP contribution in [0.4, 0.5) is 8.68 Å². The van der Waals surface area contributed by atoms with Crippen molar-refractivity contribution < 1.29 is 21.8 Å². The van der Waals surface area contributed by atoms with Crippen LogP contribution in [0.3, 0.4) is 0 Å². The van der Waals surface area contributed by atoms with Crippen LogP contribution in [0.1, 0.15) is 37.7 Å². The first-order chi connectivity index (χ1) is 11.4. The Morgan fingerprint density at radius 1 is 1.25 bits per heavy atom. The lowest BCUT2D eigenvalue weighted by Gasteiger charge is -2.40. The highest BCUT2D eigenvalue weighted by atomic mass is 32.3. The van der Waals surface area contributed by atoms with E-state index < -0.39 is 27.5 Å². The summed E-state index contributed by atoms with van der Waals surface area (Å²) in [5.41, 5.74) is 0.240. The van der Waals surface area contributed by atoms with Gasteiger partial charge in [0.25, 0.3) is 0 Å². The molecule has 1 saturated heterocycles. The molecule has 0 bridgehead atoms. The summed E-state index contributed by atoms with van der Waals surface area (Å²) in [6, 6.07) is 9.13. The standard InChI is InChI=1S/C17H22FNO4S/c18-24(21,22)13-17-9-5-4-8-15(17)19(11-10-17)16(20)23-12-14-6-2-1-3-7-14/h1-3,6-7,15H,4-5,8-13H2. The van der Waals surface area contributed by atoms with E-state index in [0.717, 1.165) is 18.4 Å². The van der Waals surface area contributed by atoms with Crippen molar-refractivity contribution in [3.8, 4) is 0 Å². The first-order valence-electron chi connectivity index (χ1n) is 8.29. The molecule has 2 atom stereocenters. The van der Waals surface area contributed by atoms with Crippen molar-refractivity contribution in [3.63, 3.8) is 0 Å². The molecular formula is C17H22FNO4S. The molecule has 132 valence electrons. The second-order valence-corrected chi connectivity index (χ2v) is 8.16. The third-order valence-corrected chi connectivity index (χ3v) is 6.16. The van der Waals surface area contributed by atoms with Crippen LogP contribution in [0.2, 0.25) is 0 Å². The van der Waals surface area contributed by atoms with Crippen LogP contribution in [0, 0.1) is 5.41 Å². The second-order valence-electron chi connectivity index (χ2n) is 6.79. The number of nitrogens with zero attached hydrogens (tertiary/aromatic N) is 1. The molecule has 7 heteroatoms. The van der Waals surface area contributed by atoms with Crippen molar-refractivity contribution in [1.29, 1.82) is 0 Å². The number of hydrogen-bond acceptors (Lipinski definition) is 4. The van der Waals surface area contributed by atoms with Crippen molar-refractivity contribution >= 4 is 16.3 Å². The number of hydrogen-bond donors (Lipinski definition) is 0. The number of benzene rings is 1. The average Bonchev–Trinajstić information content (AvgIpc) is 2.90. The van der Waals surface area contributed by atoms with Gasteiger partial charge < -0.3 is 9.64 Å². The minimum Gasteiger partial charge on any atom is -0.445 e. The Hall–Kier alpha value is -1.63. The third-order valence-electron chi connectivity index (χ3n) is 5.24. The molecule has 0 N–H and O–H groups in total.